The van der Waals surface area contributed by atoms with Gasteiger partial charge >= 0.3 is 11.9 Å². The van der Waals surface area contributed by atoms with Gasteiger partial charge in [-0.3, -0.25) is 9.59 Å². The third-order valence-corrected chi connectivity index (χ3v) is 7.33. The molecule has 0 N–H and O–H groups in total. The average Bonchev–Trinajstić information content (AvgIpc) is 2.73. The summed E-state index contributed by atoms with van der Waals surface area (Å²) in [4.78, 5) is 36.8. The van der Waals surface area contributed by atoms with Crippen LogP contribution in [0.5, 0.6) is 0 Å². The van der Waals surface area contributed by atoms with Crippen molar-refractivity contribution in [2.24, 2.45) is 28.6 Å². The summed E-state index contributed by atoms with van der Waals surface area (Å²) >= 11 is 0. The Labute approximate surface area is 161 Å². The third-order valence-electron chi connectivity index (χ3n) is 7.33. The monoisotopic (exact) mass is 374 g/mol. The van der Waals surface area contributed by atoms with E-state index in [1.54, 1.807) is 26.0 Å². The molecule has 2 saturated carbocycles. The number of hydrogen-bond donors (Lipinski definition) is 0. The van der Waals surface area contributed by atoms with Crippen LogP contribution in [0.15, 0.2) is 23.3 Å². The van der Waals surface area contributed by atoms with Crippen molar-refractivity contribution < 1.29 is 23.9 Å². The van der Waals surface area contributed by atoms with E-state index in [0.29, 0.717) is 12.0 Å². The van der Waals surface area contributed by atoms with Gasteiger partial charge in [-0.25, -0.2) is 4.79 Å². The van der Waals surface area contributed by atoms with E-state index < -0.39 is 5.41 Å². The van der Waals surface area contributed by atoms with E-state index >= 15 is 0 Å². The summed E-state index contributed by atoms with van der Waals surface area (Å²) in [6.07, 6.45) is 4.62. The van der Waals surface area contributed by atoms with Crippen LogP contribution >= 0.6 is 0 Å². The highest BCUT2D eigenvalue weighted by Gasteiger charge is 2.71. The number of allylic oxidation sites excluding steroid dienone is 3. The molecule has 0 amide bonds. The Kier molecular flexibility index (Phi) is 4.86. The smallest absolute Gasteiger partial charge is 0.333 e. The van der Waals surface area contributed by atoms with Gasteiger partial charge in [0.2, 0.25) is 0 Å². The predicted molar refractivity (Wildman–Crippen MR) is 101 cm³/mol. The molecule has 148 valence electrons. The lowest BCUT2D eigenvalue weighted by Gasteiger charge is -2.65. The van der Waals surface area contributed by atoms with Gasteiger partial charge in [0, 0.05) is 23.8 Å². The van der Waals surface area contributed by atoms with E-state index in [0.717, 1.165) is 12.0 Å². The van der Waals surface area contributed by atoms with Crippen molar-refractivity contribution in [3.8, 4) is 0 Å². The Morgan fingerprint density at radius 3 is 2.48 bits per heavy atom. The summed E-state index contributed by atoms with van der Waals surface area (Å²) in [5.41, 5.74) is 0.953. The molecule has 3 aliphatic rings. The zero-order valence-electron chi connectivity index (χ0n) is 17.1. The van der Waals surface area contributed by atoms with Gasteiger partial charge in [0.05, 0.1) is 0 Å². The second-order valence-electron chi connectivity index (χ2n) is 8.97. The summed E-state index contributed by atoms with van der Waals surface area (Å²) in [5, 5.41) is 0. The number of rotatable bonds is 4. The molecule has 27 heavy (non-hydrogen) atoms. The summed E-state index contributed by atoms with van der Waals surface area (Å²) in [7, 11) is 0. The number of fused-ring (bicyclic) bond motifs is 1. The molecule has 0 aromatic rings. The maximum atomic E-state index is 12.8. The lowest BCUT2D eigenvalue weighted by molar-refractivity contribution is -0.193. The molecule has 0 aromatic heterocycles. The largest absolute Gasteiger partial charge is 0.462 e. The number of ketones is 1. The molecular formula is C22H30O5. The van der Waals surface area contributed by atoms with Crippen LogP contribution in [0.3, 0.4) is 0 Å². The summed E-state index contributed by atoms with van der Waals surface area (Å²) in [5.74, 6) is -0.366. The lowest BCUT2D eigenvalue weighted by atomic mass is 9.38. The van der Waals surface area contributed by atoms with Crippen molar-refractivity contribution in [2.75, 3.05) is 6.61 Å². The van der Waals surface area contributed by atoms with E-state index in [-0.39, 0.29) is 53.6 Å². The minimum atomic E-state index is -0.591. The summed E-state index contributed by atoms with van der Waals surface area (Å²) in [6.45, 7) is 11.3. The Morgan fingerprint density at radius 2 is 1.93 bits per heavy atom. The first kappa shape index (κ1) is 19.8. The minimum absolute atomic E-state index is 0.0190. The van der Waals surface area contributed by atoms with Crippen LogP contribution in [-0.4, -0.2) is 30.4 Å². The quantitative estimate of drug-likeness (QED) is 0.555. The van der Waals surface area contributed by atoms with Crippen molar-refractivity contribution in [1.29, 1.82) is 0 Å². The number of esters is 2. The summed E-state index contributed by atoms with van der Waals surface area (Å²) < 4.78 is 11.3. The van der Waals surface area contributed by atoms with Gasteiger partial charge in [-0.05, 0) is 56.9 Å². The fourth-order valence-corrected chi connectivity index (χ4v) is 5.89. The maximum absolute atomic E-state index is 12.8. The van der Waals surface area contributed by atoms with Crippen LogP contribution in [0.2, 0.25) is 0 Å². The first-order valence-electron chi connectivity index (χ1n) is 9.75. The zero-order chi connectivity index (χ0) is 20.1. The molecule has 5 nitrogen and oxygen atoms in total. The molecule has 6 atom stereocenters. The number of carbonyl (C=O) groups is 3. The molecule has 0 saturated heterocycles. The van der Waals surface area contributed by atoms with Crippen molar-refractivity contribution in [1.82, 2.24) is 0 Å². The molecule has 0 aromatic carbocycles. The molecule has 0 heterocycles. The molecule has 3 rings (SSSR count). The van der Waals surface area contributed by atoms with Crippen molar-refractivity contribution in [2.45, 2.75) is 60.5 Å². The van der Waals surface area contributed by atoms with Gasteiger partial charge < -0.3 is 9.47 Å². The molecule has 0 aliphatic heterocycles. The first-order chi connectivity index (χ1) is 12.6. The average molecular weight is 374 g/mol. The summed E-state index contributed by atoms with van der Waals surface area (Å²) in [6, 6.07) is 0. The second-order valence-corrected chi connectivity index (χ2v) is 8.97. The van der Waals surface area contributed by atoms with Crippen LogP contribution in [0.25, 0.3) is 0 Å². The predicted octanol–water partition coefficient (Wildman–Crippen LogP) is 3.63. The van der Waals surface area contributed by atoms with Gasteiger partial charge in [0.25, 0.3) is 0 Å². The third kappa shape index (κ3) is 2.86. The van der Waals surface area contributed by atoms with Gasteiger partial charge in [-0.15, -0.1) is 0 Å². The first-order valence-corrected chi connectivity index (χ1v) is 9.75. The minimum Gasteiger partial charge on any atom is -0.462 e. The SMILES string of the molecule is C/C=C(/C)C(=O)OC[C@]1(C)[C@@H]2[C@H]3C(=O)C=C(C)[C@@H]2[C@@]3(C)CC[C@H]1OC(C)=O. The Balaban J connectivity index is 1.98. The topological polar surface area (TPSA) is 69.7 Å². The Hall–Kier alpha value is -1.91. The number of hydrogen-bond acceptors (Lipinski definition) is 5. The van der Waals surface area contributed by atoms with Gasteiger partial charge in [0.1, 0.15) is 12.7 Å². The van der Waals surface area contributed by atoms with E-state index in [1.165, 1.54) is 6.92 Å². The molecule has 2 fully saturated rings. The highest BCUT2D eigenvalue weighted by molar-refractivity contribution is 5.96. The molecule has 0 spiro atoms. The maximum Gasteiger partial charge on any atom is 0.333 e. The number of carbonyl (C=O) groups excluding carboxylic acids is 3. The van der Waals surface area contributed by atoms with E-state index in [9.17, 15) is 14.4 Å². The van der Waals surface area contributed by atoms with E-state index in [1.807, 2.05) is 13.8 Å². The van der Waals surface area contributed by atoms with Crippen LogP contribution in [0, 0.1) is 28.6 Å². The fraction of sp³-hybridized carbons (Fsp3) is 0.682. The van der Waals surface area contributed by atoms with Crippen molar-refractivity contribution >= 4 is 17.7 Å². The molecular weight excluding hydrogens is 344 g/mol. The van der Waals surface area contributed by atoms with E-state index in [4.69, 9.17) is 9.47 Å². The van der Waals surface area contributed by atoms with Gasteiger partial charge in [-0.1, -0.05) is 25.5 Å². The van der Waals surface area contributed by atoms with Crippen molar-refractivity contribution in [3.05, 3.63) is 23.3 Å². The normalized spacial score (nSPS) is 40.4. The lowest BCUT2D eigenvalue weighted by Crippen LogP contribution is -2.66. The highest BCUT2D eigenvalue weighted by atomic mass is 16.6. The fourth-order valence-electron chi connectivity index (χ4n) is 5.89. The van der Waals surface area contributed by atoms with Crippen LogP contribution in [0.4, 0.5) is 0 Å². The second kappa shape index (κ2) is 6.61. The van der Waals surface area contributed by atoms with E-state index in [2.05, 4.69) is 6.92 Å². The Morgan fingerprint density at radius 1 is 1.26 bits per heavy atom. The van der Waals surface area contributed by atoms with Crippen LogP contribution < -0.4 is 0 Å². The van der Waals surface area contributed by atoms with Gasteiger partial charge in [0.15, 0.2) is 5.78 Å². The molecule has 0 unspecified atom stereocenters. The van der Waals surface area contributed by atoms with Gasteiger partial charge in [-0.2, -0.15) is 0 Å². The molecule has 4 bridgehead atoms. The number of ether oxygens (including phenoxy) is 2. The van der Waals surface area contributed by atoms with Crippen molar-refractivity contribution in [3.63, 3.8) is 0 Å². The van der Waals surface area contributed by atoms with Crippen LogP contribution in [0.1, 0.15) is 54.4 Å². The highest BCUT2D eigenvalue weighted by Crippen LogP contribution is 2.71. The molecule has 0 radical (unpaired) electrons. The zero-order valence-corrected chi connectivity index (χ0v) is 17.1. The van der Waals surface area contributed by atoms with Crippen LogP contribution in [-0.2, 0) is 23.9 Å². The standard InChI is InChI=1S/C22H30O5/c1-7-12(2)20(25)26-11-22(6)16(27-14(4)23)8-9-21(5)17-13(3)10-15(24)18(21)19(17)22/h7,10,16-19H,8-9,11H2,1-6H3/b12-7-/t16-,17+,18-,19+,21-,22+/m1/s1. The molecule has 3 aliphatic carbocycles. The molecule has 5 heteroatoms. The Bertz CT molecular complexity index is 748.